The standard InChI is InChI=1S/C22H13Si/c23-22-13-7-12-20(16-14-18-8-3-1-4-9-18)21(22)17-15-19-10-5-2-6-11-19/h1-13H. The van der Waals surface area contributed by atoms with Gasteiger partial charge in [0.15, 0.2) is 0 Å². The molecule has 3 rings (SSSR count). The maximum atomic E-state index is 3.63. The predicted octanol–water partition coefficient (Wildman–Crippen LogP) is 3.28. The van der Waals surface area contributed by atoms with Gasteiger partial charge in [0.25, 0.3) is 0 Å². The molecule has 3 aromatic carbocycles. The van der Waals surface area contributed by atoms with E-state index in [1.54, 1.807) is 0 Å². The summed E-state index contributed by atoms with van der Waals surface area (Å²) in [4.78, 5) is 0. The van der Waals surface area contributed by atoms with Gasteiger partial charge >= 0.3 is 0 Å². The summed E-state index contributed by atoms with van der Waals surface area (Å²) in [5.74, 6) is 12.8. The molecule has 0 saturated carbocycles. The van der Waals surface area contributed by atoms with Crippen LogP contribution < -0.4 is 5.19 Å². The van der Waals surface area contributed by atoms with Gasteiger partial charge in [0, 0.05) is 22.3 Å². The van der Waals surface area contributed by atoms with Gasteiger partial charge in [-0.05, 0) is 30.3 Å². The second-order valence-corrected chi connectivity index (χ2v) is 5.50. The molecule has 0 N–H and O–H groups in total. The third kappa shape index (κ3) is 4.01. The smallest absolute Gasteiger partial charge is 0.0625 e. The molecule has 0 aromatic heterocycles. The van der Waals surface area contributed by atoms with Gasteiger partial charge in [-0.15, -0.1) is 0 Å². The van der Waals surface area contributed by atoms with Gasteiger partial charge < -0.3 is 0 Å². The van der Waals surface area contributed by atoms with E-state index in [4.69, 9.17) is 0 Å². The zero-order chi connectivity index (χ0) is 15.9. The third-order valence-electron chi connectivity index (χ3n) is 3.29. The van der Waals surface area contributed by atoms with E-state index >= 15 is 0 Å². The molecule has 0 amide bonds. The fraction of sp³-hybridized carbons (Fsp3) is 0. The lowest BCUT2D eigenvalue weighted by Crippen LogP contribution is -2.09. The Morgan fingerprint density at radius 1 is 0.522 bits per heavy atom. The van der Waals surface area contributed by atoms with Gasteiger partial charge in [0.05, 0.1) is 10.2 Å². The summed E-state index contributed by atoms with van der Waals surface area (Å²) in [6, 6.07) is 25.9. The van der Waals surface area contributed by atoms with Crippen LogP contribution in [0.25, 0.3) is 0 Å². The maximum absolute atomic E-state index is 3.63. The quantitative estimate of drug-likeness (QED) is 0.442. The first-order valence-electron chi connectivity index (χ1n) is 7.32. The topological polar surface area (TPSA) is 0 Å². The molecule has 1 heteroatoms. The first-order chi connectivity index (χ1) is 11.3. The van der Waals surface area contributed by atoms with Crippen molar-refractivity contribution in [3.05, 3.63) is 101 Å². The van der Waals surface area contributed by atoms with Crippen LogP contribution in [0.2, 0.25) is 0 Å². The van der Waals surface area contributed by atoms with E-state index in [0.717, 1.165) is 27.4 Å². The highest BCUT2D eigenvalue weighted by Gasteiger charge is 2.00. The Hall–Kier alpha value is -3.00. The molecule has 0 unspecified atom stereocenters. The molecule has 0 fully saturated rings. The van der Waals surface area contributed by atoms with Crippen molar-refractivity contribution >= 4 is 15.4 Å². The highest BCUT2D eigenvalue weighted by atomic mass is 28.1. The lowest BCUT2D eigenvalue weighted by Gasteiger charge is -2.01. The van der Waals surface area contributed by atoms with E-state index in [9.17, 15) is 0 Å². The number of hydrogen-bond acceptors (Lipinski definition) is 0. The third-order valence-corrected chi connectivity index (χ3v) is 3.70. The molecule has 0 heterocycles. The molecule has 0 bridgehead atoms. The molecule has 0 aliphatic carbocycles. The van der Waals surface area contributed by atoms with Gasteiger partial charge in [-0.1, -0.05) is 77.4 Å². The molecule has 23 heavy (non-hydrogen) atoms. The molecule has 0 atom stereocenters. The Kier molecular flexibility index (Phi) is 4.75. The molecule has 0 nitrogen and oxygen atoms in total. The molecule has 3 aromatic rings. The van der Waals surface area contributed by atoms with Gasteiger partial charge in [-0.3, -0.25) is 0 Å². The Morgan fingerprint density at radius 3 is 1.70 bits per heavy atom. The Labute approximate surface area is 140 Å². The van der Waals surface area contributed by atoms with Crippen LogP contribution in [-0.4, -0.2) is 10.2 Å². The van der Waals surface area contributed by atoms with Gasteiger partial charge in [0.2, 0.25) is 0 Å². The first kappa shape index (κ1) is 14.9. The number of rotatable bonds is 0. The average molecular weight is 305 g/mol. The van der Waals surface area contributed by atoms with Crippen molar-refractivity contribution in [2.75, 3.05) is 0 Å². The lowest BCUT2D eigenvalue weighted by atomic mass is 10.1. The van der Waals surface area contributed by atoms with E-state index in [2.05, 4.69) is 33.9 Å². The fourth-order valence-corrected chi connectivity index (χ4v) is 2.40. The first-order valence-corrected chi connectivity index (χ1v) is 7.82. The van der Waals surface area contributed by atoms with Crippen LogP contribution in [0.3, 0.4) is 0 Å². The van der Waals surface area contributed by atoms with Crippen LogP contribution in [0.1, 0.15) is 22.3 Å². The van der Waals surface area contributed by atoms with Crippen LogP contribution in [0, 0.1) is 23.7 Å². The van der Waals surface area contributed by atoms with Crippen molar-refractivity contribution in [1.82, 2.24) is 0 Å². The number of hydrogen-bond donors (Lipinski definition) is 0. The van der Waals surface area contributed by atoms with Gasteiger partial charge in [-0.25, -0.2) is 0 Å². The minimum atomic E-state index is 0.913. The Bertz CT molecular complexity index is 918. The lowest BCUT2D eigenvalue weighted by molar-refractivity contribution is 1.61. The van der Waals surface area contributed by atoms with Gasteiger partial charge in [-0.2, -0.15) is 0 Å². The Balaban J connectivity index is 1.99. The van der Waals surface area contributed by atoms with Crippen LogP contribution >= 0.6 is 0 Å². The monoisotopic (exact) mass is 305 g/mol. The summed E-state index contributed by atoms with van der Waals surface area (Å²) >= 11 is 0. The van der Waals surface area contributed by atoms with Crippen molar-refractivity contribution in [3.63, 3.8) is 0 Å². The van der Waals surface area contributed by atoms with Crippen LogP contribution in [-0.2, 0) is 0 Å². The van der Waals surface area contributed by atoms with Crippen LogP contribution in [0.4, 0.5) is 0 Å². The molecule has 3 radical (unpaired) electrons. The summed E-state index contributed by atoms with van der Waals surface area (Å²) in [5, 5.41) is 0.952. The molecule has 0 aliphatic rings. The summed E-state index contributed by atoms with van der Waals surface area (Å²) in [5.41, 5.74) is 3.82. The minimum Gasteiger partial charge on any atom is -0.0625 e. The molecule has 0 saturated heterocycles. The fourth-order valence-electron chi connectivity index (χ4n) is 2.11. The van der Waals surface area contributed by atoms with E-state index in [1.807, 2.05) is 78.9 Å². The molecule has 105 valence electrons. The molecular formula is C22H13Si. The zero-order valence-corrected chi connectivity index (χ0v) is 13.5. The van der Waals surface area contributed by atoms with Crippen molar-refractivity contribution in [2.45, 2.75) is 0 Å². The average Bonchev–Trinajstić information content (AvgIpc) is 2.61. The van der Waals surface area contributed by atoms with Gasteiger partial charge in [0.1, 0.15) is 0 Å². The van der Waals surface area contributed by atoms with E-state index in [1.165, 1.54) is 0 Å². The van der Waals surface area contributed by atoms with E-state index < -0.39 is 0 Å². The van der Waals surface area contributed by atoms with Crippen LogP contribution in [0.5, 0.6) is 0 Å². The second-order valence-electron chi connectivity index (χ2n) is 4.96. The molecule has 0 aliphatic heterocycles. The van der Waals surface area contributed by atoms with E-state index in [0.29, 0.717) is 0 Å². The van der Waals surface area contributed by atoms with Crippen molar-refractivity contribution in [1.29, 1.82) is 0 Å². The summed E-state index contributed by atoms with van der Waals surface area (Å²) in [6.45, 7) is 0. The van der Waals surface area contributed by atoms with Crippen molar-refractivity contribution in [2.24, 2.45) is 0 Å². The predicted molar refractivity (Wildman–Crippen MR) is 96.7 cm³/mol. The maximum Gasteiger partial charge on any atom is 0.0730 e. The van der Waals surface area contributed by atoms with Crippen LogP contribution in [0.15, 0.2) is 78.9 Å². The SMILES string of the molecule is [Si]c1cccc(C#Cc2ccccc2)c1C#Cc1ccccc1. The molecule has 0 spiro atoms. The highest BCUT2D eigenvalue weighted by molar-refractivity contribution is 6.34. The Morgan fingerprint density at radius 2 is 1.09 bits per heavy atom. The van der Waals surface area contributed by atoms with Crippen molar-refractivity contribution < 1.29 is 0 Å². The summed E-state index contributed by atoms with van der Waals surface area (Å²) in [6.07, 6.45) is 0. The summed E-state index contributed by atoms with van der Waals surface area (Å²) < 4.78 is 0. The van der Waals surface area contributed by atoms with E-state index in [-0.39, 0.29) is 0 Å². The highest BCUT2D eigenvalue weighted by Crippen LogP contribution is 2.05. The largest absolute Gasteiger partial charge is 0.0730 e. The summed E-state index contributed by atoms with van der Waals surface area (Å²) in [7, 11) is 3.63. The van der Waals surface area contributed by atoms with Crippen molar-refractivity contribution in [3.8, 4) is 23.7 Å². The zero-order valence-electron chi connectivity index (χ0n) is 12.5. The number of benzene rings is 3. The minimum absolute atomic E-state index is 0.913. The second kappa shape index (κ2) is 7.32. The molecular weight excluding hydrogens is 292 g/mol. The normalized spacial score (nSPS) is 9.26.